The molecule has 1 saturated carbocycles. The van der Waals surface area contributed by atoms with Gasteiger partial charge in [-0.25, -0.2) is 0 Å². The minimum atomic E-state index is -0.666. The van der Waals surface area contributed by atoms with Crippen LogP contribution >= 0.6 is 23.1 Å². The number of thioether (sulfide) groups is 1. The summed E-state index contributed by atoms with van der Waals surface area (Å²) < 4.78 is 6.00. The fraction of sp³-hybridized carbons (Fsp3) is 0.556. The molecule has 0 aromatic carbocycles. The molecule has 1 amide bonds. The molecule has 0 bridgehead atoms. The normalized spacial score (nSPS) is 17.1. The molecule has 3 rings (SSSR count). The van der Waals surface area contributed by atoms with Gasteiger partial charge < -0.3 is 14.6 Å². The molecule has 0 radical (unpaired) electrons. The lowest BCUT2D eigenvalue weighted by atomic mass is 9.81. The van der Waals surface area contributed by atoms with E-state index in [0.717, 1.165) is 42.2 Å². The molecule has 1 N–H and O–H groups in total. The minimum Gasteiger partial charge on any atom is -0.467 e. The Hall–Kier alpha value is -2.05. The van der Waals surface area contributed by atoms with Crippen molar-refractivity contribution in [3.8, 4) is 6.07 Å². The van der Waals surface area contributed by atoms with Crippen molar-refractivity contribution in [3.63, 3.8) is 0 Å². The predicted octanol–water partition coefficient (Wildman–Crippen LogP) is 3.91. The molecule has 0 spiro atoms. The second-order valence-corrected chi connectivity index (χ2v) is 9.23. The van der Waals surface area contributed by atoms with Gasteiger partial charge in [-0.15, -0.1) is 10.2 Å². The number of hydrogen-bond acceptors (Lipinski definition) is 8. The van der Waals surface area contributed by atoms with Crippen LogP contribution in [0.4, 0.5) is 5.13 Å². The van der Waals surface area contributed by atoms with E-state index in [2.05, 4.69) is 21.6 Å². The molecular weight excluding hydrogens is 382 g/mol. The van der Waals surface area contributed by atoms with Gasteiger partial charge in [-0.3, -0.25) is 4.79 Å². The van der Waals surface area contributed by atoms with Crippen molar-refractivity contribution in [3.05, 3.63) is 24.2 Å². The summed E-state index contributed by atoms with van der Waals surface area (Å²) in [5.41, 5.74) is -0.666. The Morgan fingerprint density at radius 1 is 1.48 bits per heavy atom. The van der Waals surface area contributed by atoms with Crippen LogP contribution in [0.3, 0.4) is 0 Å². The lowest BCUT2D eigenvalue weighted by molar-refractivity contribution is -0.133. The number of hydrogen-bond donors (Lipinski definition) is 1. The molecule has 1 aliphatic rings. The molecule has 1 aliphatic carbocycles. The second-order valence-electron chi connectivity index (χ2n) is 6.67. The quantitative estimate of drug-likeness (QED) is 0.698. The van der Waals surface area contributed by atoms with Gasteiger partial charge in [-0.1, -0.05) is 42.4 Å². The number of carbonyl (C=O) groups is 1. The van der Waals surface area contributed by atoms with Crippen molar-refractivity contribution < 1.29 is 9.21 Å². The van der Waals surface area contributed by atoms with Crippen LogP contribution < -0.4 is 5.32 Å². The van der Waals surface area contributed by atoms with Crippen LogP contribution in [0.15, 0.2) is 27.2 Å². The number of carbonyl (C=O) groups excluding carboxylic acids is 1. The van der Waals surface area contributed by atoms with E-state index < -0.39 is 5.54 Å². The van der Waals surface area contributed by atoms with Gasteiger partial charge in [0.1, 0.15) is 11.3 Å². The van der Waals surface area contributed by atoms with Crippen LogP contribution in [0.1, 0.15) is 44.8 Å². The van der Waals surface area contributed by atoms with E-state index in [1.807, 2.05) is 19.1 Å². The maximum Gasteiger partial charge on any atom is 0.236 e. The molecule has 0 saturated heterocycles. The molecule has 2 heterocycles. The Morgan fingerprint density at radius 2 is 2.26 bits per heavy atom. The van der Waals surface area contributed by atoms with E-state index in [1.54, 1.807) is 18.2 Å². The van der Waals surface area contributed by atoms with Gasteiger partial charge in [-0.2, -0.15) is 5.26 Å². The molecule has 1 fully saturated rings. The summed E-state index contributed by atoms with van der Waals surface area (Å²) >= 11 is 2.78. The Bertz CT molecular complexity index is 793. The van der Waals surface area contributed by atoms with Crippen molar-refractivity contribution in [1.82, 2.24) is 15.1 Å². The molecule has 27 heavy (non-hydrogen) atoms. The van der Waals surface area contributed by atoms with Crippen molar-refractivity contribution in [2.24, 2.45) is 0 Å². The average Bonchev–Trinajstić information content (AvgIpc) is 3.37. The van der Waals surface area contributed by atoms with Crippen LogP contribution in [-0.2, 0) is 11.3 Å². The number of nitriles is 1. The summed E-state index contributed by atoms with van der Waals surface area (Å²) in [6, 6.07) is 6.12. The van der Waals surface area contributed by atoms with Gasteiger partial charge in [0.05, 0.1) is 24.1 Å². The predicted molar refractivity (Wildman–Crippen MR) is 105 cm³/mol. The third kappa shape index (κ3) is 4.62. The summed E-state index contributed by atoms with van der Waals surface area (Å²) in [4.78, 5) is 14.5. The highest BCUT2D eigenvalue weighted by Crippen LogP contribution is 2.35. The largest absolute Gasteiger partial charge is 0.467 e. The number of aromatic nitrogens is 2. The van der Waals surface area contributed by atoms with Gasteiger partial charge in [0.2, 0.25) is 11.0 Å². The minimum absolute atomic E-state index is 0.0382. The first-order valence-electron chi connectivity index (χ1n) is 8.99. The van der Waals surface area contributed by atoms with Gasteiger partial charge >= 0.3 is 0 Å². The number of nitrogens with zero attached hydrogens (tertiary/aromatic N) is 4. The van der Waals surface area contributed by atoms with E-state index in [9.17, 15) is 10.1 Å². The maximum absolute atomic E-state index is 12.9. The van der Waals surface area contributed by atoms with Crippen molar-refractivity contribution in [2.75, 3.05) is 12.4 Å². The fourth-order valence-corrected chi connectivity index (χ4v) is 5.23. The molecule has 9 heteroatoms. The molecule has 2 aromatic heterocycles. The molecule has 1 atom stereocenters. The molecule has 7 nitrogen and oxygen atoms in total. The summed E-state index contributed by atoms with van der Waals surface area (Å²) in [6.07, 6.45) is 6.25. The highest BCUT2D eigenvalue weighted by molar-refractivity contribution is 8.02. The van der Waals surface area contributed by atoms with E-state index in [0.29, 0.717) is 11.7 Å². The highest BCUT2D eigenvalue weighted by Gasteiger charge is 2.40. The molecular formula is C18H23N5O2S2. The smallest absolute Gasteiger partial charge is 0.236 e. The third-order valence-electron chi connectivity index (χ3n) is 4.89. The molecule has 0 aliphatic heterocycles. The lowest BCUT2D eigenvalue weighted by Crippen LogP contribution is -2.52. The van der Waals surface area contributed by atoms with Crippen LogP contribution in [0, 0.1) is 11.3 Å². The zero-order valence-corrected chi connectivity index (χ0v) is 17.1. The monoisotopic (exact) mass is 405 g/mol. The van der Waals surface area contributed by atoms with Crippen LogP contribution in [-0.4, -0.2) is 38.8 Å². The summed E-state index contributed by atoms with van der Waals surface area (Å²) in [7, 11) is 1.75. The molecule has 0 unspecified atom stereocenters. The zero-order valence-electron chi connectivity index (χ0n) is 15.5. The Labute approximate surface area is 167 Å². The van der Waals surface area contributed by atoms with Crippen LogP contribution in [0.25, 0.3) is 0 Å². The number of rotatable bonds is 7. The third-order valence-corrected chi connectivity index (χ3v) is 6.94. The maximum atomic E-state index is 12.9. The number of nitrogens with one attached hydrogen (secondary N) is 1. The molecule has 144 valence electrons. The van der Waals surface area contributed by atoms with Gasteiger partial charge in [0, 0.05) is 7.05 Å². The standard InChI is InChI=1S/C18H23N5O2S2/c1-13(15(24)23(2)18(12-19)8-4-3-5-9-18)26-17-22-21-16(27-17)20-11-14-7-6-10-25-14/h6-7,10,13H,3-5,8-9,11H2,1-2H3,(H,20,21)/t13-/m0/s1. The first-order valence-corrected chi connectivity index (χ1v) is 10.7. The second kappa shape index (κ2) is 8.76. The first kappa shape index (κ1) is 19.7. The average molecular weight is 406 g/mol. The summed E-state index contributed by atoms with van der Waals surface area (Å²) in [5, 5.41) is 21.5. The van der Waals surface area contributed by atoms with Crippen molar-refractivity contribution >= 4 is 34.1 Å². The molecule has 2 aromatic rings. The van der Waals surface area contributed by atoms with Crippen molar-refractivity contribution in [1.29, 1.82) is 5.26 Å². The number of furan rings is 1. The Balaban J connectivity index is 1.57. The highest BCUT2D eigenvalue weighted by atomic mass is 32.2. The number of anilines is 1. The van der Waals surface area contributed by atoms with Crippen molar-refractivity contribution in [2.45, 2.75) is 60.7 Å². The SMILES string of the molecule is C[C@H](Sc1nnc(NCc2ccco2)s1)C(=O)N(C)C1(C#N)CCCCC1. The van der Waals surface area contributed by atoms with Gasteiger partial charge in [-0.05, 0) is 31.9 Å². The summed E-state index contributed by atoms with van der Waals surface area (Å²) in [5.74, 6) is 0.780. The Kier molecular flexibility index (Phi) is 6.39. The van der Waals surface area contributed by atoms with Crippen LogP contribution in [0.2, 0.25) is 0 Å². The lowest BCUT2D eigenvalue weighted by Gasteiger charge is -2.39. The topological polar surface area (TPSA) is 95.1 Å². The van der Waals surface area contributed by atoms with Gasteiger partial charge in [0.25, 0.3) is 0 Å². The van der Waals surface area contributed by atoms with E-state index >= 15 is 0 Å². The van der Waals surface area contributed by atoms with Crippen LogP contribution in [0.5, 0.6) is 0 Å². The summed E-state index contributed by atoms with van der Waals surface area (Å²) in [6.45, 7) is 2.39. The fourth-order valence-electron chi connectivity index (χ4n) is 3.25. The van der Waals surface area contributed by atoms with Gasteiger partial charge in [0.15, 0.2) is 4.34 Å². The zero-order chi connectivity index (χ0) is 19.3. The van der Waals surface area contributed by atoms with E-state index in [4.69, 9.17) is 4.42 Å². The van der Waals surface area contributed by atoms with E-state index in [1.165, 1.54) is 23.1 Å². The Morgan fingerprint density at radius 3 is 2.93 bits per heavy atom. The number of amides is 1. The first-order chi connectivity index (χ1) is 13.0. The van der Waals surface area contributed by atoms with E-state index in [-0.39, 0.29) is 11.2 Å².